The number of benzene rings is 1. The van der Waals surface area contributed by atoms with E-state index >= 15 is 0 Å². The summed E-state index contributed by atoms with van der Waals surface area (Å²) in [6, 6.07) is 8.11. The Hall–Kier alpha value is -0.990. The van der Waals surface area contributed by atoms with Crippen molar-refractivity contribution in [3.8, 4) is 0 Å². The predicted molar refractivity (Wildman–Crippen MR) is 61.9 cm³/mol. The Bertz CT molecular complexity index is 430. The highest BCUT2D eigenvalue weighted by molar-refractivity contribution is 6.66. The van der Waals surface area contributed by atoms with Crippen LogP contribution in [0, 0.1) is 0 Å². The van der Waals surface area contributed by atoms with Crippen molar-refractivity contribution < 1.29 is 14.3 Å². The summed E-state index contributed by atoms with van der Waals surface area (Å²) in [5, 5.41) is 0. The summed E-state index contributed by atoms with van der Waals surface area (Å²) in [6.07, 6.45) is 0. The summed E-state index contributed by atoms with van der Waals surface area (Å²) in [6.45, 7) is 0. The average molecular weight is 280 g/mol. The second-order valence-electron chi connectivity index (χ2n) is 2.68. The van der Waals surface area contributed by atoms with Crippen LogP contribution in [0.2, 0.25) is 0 Å². The summed E-state index contributed by atoms with van der Waals surface area (Å²) in [5.41, 5.74) is 0.0173. The van der Waals surface area contributed by atoms with Gasteiger partial charge in [0.1, 0.15) is 5.94 Å². The lowest BCUT2D eigenvalue weighted by atomic mass is 10.1. The van der Waals surface area contributed by atoms with Gasteiger partial charge in [-0.15, -0.1) is 0 Å². The Morgan fingerprint density at radius 3 is 2.19 bits per heavy atom. The van der Waals surface area contributed by atoms with Crippen LogP contribution in [0.5, 0.6) is 0 Å². The SMILES string of the molecule is O=C=C(C(=O)OC(Cl)(Cl)Cl)c1ccccc1. The van der Waals surface area contributed by atoms with Crippen molar-refractivity contribution in [3.05, 3.63) is 35.9 Å². The highest BCUT2D eigenvalue weighted by Crippen LogP contribution is 2.29. The van der Waals surface area contributed by atoms with Crippen molar-refractivity contribution in [1.82, 2.24) is 0 Å². The summed E-state index contributed by atoms with van der Waals surface area (Å²) < 4.78 is 2.20. The van der Waals surface area contributed by atoms with Crippen LogP contribution in [-0.2, 0) is 14.3 Å². The van der Waals surface area contributed by atoms with Crippen molar-refractivity contribution >= 4 is 52.3 Å². The standard InChI is InChI=1S/C10H5Cl3O3/c11-10(12,13)16-9(15)8(6-14)7-4-2-1-3-5-7/h1-5H. The first-order valence-electron chi connectivity index (χ1n) is 4.04. The number of carbonyl (C=O) groups is 1. The van der Waals surface area contributed by atoms with Gasteiger partial charge in [0.2, 0.25) is 0 Å². The molecule has 0 saturated heterocycles. The summed E-state index contributed by atoms with van der Waals surface area (Å²) in [4.78, 5) is 22.1. The van der Waals surface area contributed by atoms with Gasteiger partial charge in [-0.3, -0.25) is 0 Å². The normalized spacial score (nSPS) is 10.4. The molecule has 0 unspecified atom stereocenters. The molecule has 0 aliphatic carbocycles. The number of rotatable bonds is 2. The average Bonchev–Trinajstić information content (AvgIpc) is 2.17. The minimum Gasteiger partial charge on any atom is -0.410 e. The highest BCUT2D eigenvalue weighted by atomic mass is 35.6. The third-order valence-electron chi connectivity index (χ3n) is 1.58. The van der Waals surface area contributed by atoms with Gasteiger partial charge < -0.3 is 4.74 Å². The third kappa shape index (κ3) is 3.87. The van der Waals surface area contributed by atoms with Gasteiger partial charge in [0.25, 0.3) is 0 Å². The Morgan fingerprint density at radius 1 is 1.19 bits per heavy atom. The van der Waals surface area contributed by atoms with Crippen LogP contribution < -0.4 is 0 Å². The Morgan fingerprint density at radius 2 is 1.75 bits per heavy atom. The molecule has 0 aliphatic heterocycles. The van der Waals surface area contributed by atoms with Gasteiger partial charge in [-0.2, -0.15) is 0 Å². The van der Waals surface area contributed by atoms with Crippen molar-refractivity contribution in [1.29, 1.82) is 0 Å². The molecule has 0 N–H and O–H groups in total. The zero-order valence-corrected chi connectivity index (χ0v) is 10.0. The summed E-state index contributed by atoms with van der Waals surface area (Å²) in [7, 11) is 0. The molecule has 0 bridgehead atoms. The van der Waals surface area contributed by atoms with Crippen molar-refractivity contribution in [3.63, 3.8) is 0 Å². The van der Waals surface area contributed by atoms with Gasteiger partial charge >= 0.3 is 9.95 Å². The number of esters is 1. The highest BCUT2D eigenvalue weighted by Gasteiger charge is 2.28. The van der Waals surface area contributed by atoms with Crippen LogP contribution in [-0.4, -0.2) is 15.9 Å². The fraction of sp³-hybridized carbons (Fsp3) is 0.100. The van der Waals surface area contributed by atoms with E-state index < -0.39 is 9.95 Å². The van der Waals surface area contributed by atoms with E-state index in [0.717, 1.165) is 0 Å². The van der Waals surface area contributed by atoms with E-state index in [-0.39, 0.29) is 5.57 Å². The lowest BCUT2D eigenvalue weighted by Gasteiger charge is -2.11. The first-order valence-corrected chi connectivity index (χ1v) is 5.18. The first kappa shape index (κ1) is 13.1. The molecule has 1 aromatic carbocycles. The molecule has 1 rings (SSSR count). The van der Waals surface area contributed by atoms with Gasteiger partial charge in [0.05, 0.1) is 0 Å². The van der Waals surface area contributed by atoms with Gasteiger partial charge in [0.15, 0.2) is 5.57 Å². The number of carbonyl (C=O) groups excluding carboxylic acids is 2. The van der Waals surface area contributed by atoms with Crippen LogP contribution in [0.1, 0.15) is 5.56 Å². The fourth-order valence-corrected chi connectivity index (χ4v) is 1.19. The second-order valence-corrected chi connectivity index (χ2v) is 4.86. The molecule has 0 spiro atoms. The lowest BCUT2D eigenvalue weighted by molar-refractivity contribution is -0.137. The van der Waals surface area contributed by atoms with Gasteiger partial charge in [-0.05, 0) is 34.8 Å². The third-order valence-corrected chi connectivity index (χ3v) is 1.81. The number of ether oxygens (including phenoxy) is 1. The topological polar surface area (TPSA) is 43.4 Å². The maximum atomic E-state index is 11.4. The van der Waals surface area contributed by atoms with Crippen LogP contribution in [0.25, 0.3) is 5.57 Å². The molecule has 3 nitrogen and oxygen atoms in total. The van der Waals surface area contributed by atoms with Crippen LogP contribution in [0.4, 0.5) is 0 Å². The molecule has 0 heterocycles. The number of hydrogen-bond acceptors (Lipinski definition) is 3. The molecule has 0 fully saturated rings. The fourth-order valence-electron chi connectivity index (χ4n) is 0.979. The molecule has 0 amide bonds. The summed E-state index contributed by atoms with van der Waals surface area (Å²) >= 11 is 15.8. The quantitative estimate of drug-likeness (QED) is 0.362. The molecule has 6 heteroatoms. The zero-order valence-electron chi connectivity index (χ0n) is 7.75. The smallest absolute Gasteiger partial charge is 0.353 e. The Kier molecular flexibility index (Phi) is 4.39. The van der Waals surface area contributed by atoms with Gasteiger partial charge in [-0.1, -0.05) is 30.3 Å². The monoisotopic (exact) mass is 278 g/mol. The Balaban J connectivity index is 2.94. The van der Waals surface area contributed by atoms with Gasteiger partial charge in [-0.25, -0.2) is 9.59 Å². The van der Waals surface area contributed by atoms with E-state index in [1.54, 1.807) is 30.3 Å². The summed E-state index contributed by atoms with van der Waals surface area (Å²) in [5.74, 6) is 0.416. The van der Waals surface area contributed by atoms with E-state index in [1.807, 2.05) is 0 Å². The molecule has 16 heavy (non-hydrogen) atoms. The van der Waals surface area contributed by atoms with Crippen LogP contribution in [0.3, 0.4) is 0 Å². The van der Waals surface area contributed by atoms with E-state index in [0.29, 0.717) is 5.56 Å². The first-order chi connectivity index (χ1) is 7.44. The zero-order chi connectivity index (χ0) is 12.2. The molecule has 0 atom stereocenters. The molecule has 0 aliphatic rings. The van der Waals surface area contributed by atoms with Crippen LogP contribution >= 0.6 is 34.8 Å². The molecular weight excluding hydrogens is 274 g/mol. The van der Waals surface area contributed by atoms with Crippen LogP contribution in [0.15, 0.2) is 30.3 Å². The predicted octanol–water partition coefficient (Wildman–Crippen LogP) is 2.77. The van der Waals surface area contributed by atoms with Crippen molar-refractivity contribution in [2.75, 3.05) is 0 Å². The number of hydrogen-bond donors (Lipinski definition) is 0. The van der Waals surface area contributed by atoms with Gasteiger partial charge in [0, 0.05) is 5.56 Å². The number of halogens is 3. The minimum atomic E-state index is -2.20. The van der Waals surface area contributed by atoms with E-state index in [4.69, 9.17) is 34.8 Å². The number of alkyl halides is 3. The maximum Gasteiger partial charge on any atom is 0.353 e. The van der Waals surface area contributed by atoms with Crippen molar-refractivity contribution in [2.45, 2.75) is 3.98 Å². The van der Waals surface area contributed by atoms with E-state index in [9.17, 15) is 9.59 Å². The Labute approximate surface area is 107 Å². The van der Waals surface area contributed by atoms with E-state index in [1.165, 1.54) is 5.94 Å². The van der Waals surface area contributed by atoms with E-state index in [2.05, 4.69) is 4.74 Å². The van der Waals surface area contributed by atoms with Crippen molar-refractivity contribution in [2.24, 2.45) is 0 Å². The molecule has 0 saturated carbocycles. The maximum absolute atomic E-state index is 11.4. The minimum absolute atomic E-state index is 0.327. The lowest BCUT2D eigenvalue weighted by Crippen LogP contribution is -2.17. The molecule has 0 radical (unpaired) electrons. The second kappa shape index (κ2) is 5.37. The molecular formula is C10H5Cl3O3. The molecule has 1 aromatic rings. The molecule has 84 valence electrons. The molecule has 0 aromatic heterocycles. The largest absolute Gasteiger partial charge is 0.410 e.